The lowest BCUT2D eigenvalue weighted by molar-refractivity contribution is -0.121. The third-order valence-electron chi connectivity index (χ3n) is 4.59. The molecule has 0 aliphatic rings. The summed E-state index contributed by atoms with van der Waals surface area (Å²) in [5.41, 5.74) is 2.61. The molecule has 3 rings (SSSR count). The van der Waals surface area contributed by atoms with Crippen LogP contribution in [0.5, 0.6) is 0 Å². The molecule has 0 aliphatic carbocycles. The highest BCUT2D eigenvalue weighted by Crippen LogP contribution is 2.21. The lowest BCUT2D eigenvalue weighted by atomic mass is 10.1. The van der Waals surface area contributed by atoms with Crippen molar-refractivity contribution in [1.29, 1.82) is 0 Å². The van der Waals surface area contributed by atoms with Crippen molar-refractivity contribution in [2.24, 2.45) is 0 Å². The summed E-state index contributed by atoms with van der Waals surface area (Å²) in [4.78, 5) is 16.7. The van der Waals surface area contributed by atoms with Gasteiger partial charge in [0.1, 0.15) is 0 Å². The average Bonchev–Trinajstić information content (AvgIpc) is 2.74. The predicted molar refractivity (Wildman–Crippen MR) is 116 cm³/mol. The van der Waals surface area contributed by atoms with E-state index in [9.17, 15) is 13.2 Å². The molecule has 6 nitrogen and oxygen atoms in total. The van der Waals surface area contributed by atoms with Crippen molar-refractivity contribution in [1.82, 2.24) is 14.6 Å². The topological polar surface area (TPSA) is 79.4 Å². The highest BCUT2D eigenvalue weighted by atomic mass is 35.5. The number of nitrogens with zero attached hydrogens (tertiary/aromatic N) is 2. The molecule has 0 fully saturated rings. The Morgan fingerprint density at radius 2 is 1.80 bits per heavy atom. The van der Waals surface area contributed by atoms with E-state index in [1.807, 2.05) is 37.3 Å². The van der Waals surface area contributed by atoms with E-state index in [1.165, 1.54) is 28.6 Å². The number of benzene rings is 2. The molecule has 0 spiro atoms. The fourth-order valence-electron chi connectivity index (χ4n) is 2.88. The second kappa shape index (κ2) is 9.84. The lowest BCUT2D eigenvalue weighted by Crippen LogP contribution is -2.40. The minimum Gasteiger partial charge on any atom is -0.351 e. The lowest BCUT2D eigenvalue weighted by Gasteiger charge is -2.23. The summed E-state index contributed by atoms with van der Waals surface area (Å²) in [5.74, 6) is -0.398. The molecule has 0 saturated carbocycles. The molecular weight excluding hydrogens is 422 g/mol. The Morgan fingerprint density at radius 3 is 2.47 bits per heavy atom. The van der Waals surface area contributed by atoms with Gasteiger partial charge in [0.15, 0.2) is 0 Å². The number of aryl methyl sites for hydroxylation is 1. The van der Waals surface area contributed by atoms with E-state index in [-0.39, 0.29) is 24.5 Å². The first-order chi connectivity index (χ1) is 14.4. The Balaban J connectivity index is 1.82. The molecule has 0 aliphatic heterocycles. The predicted octanol–water partition coefficient (Wildman–Crippen LogP) is 3.55. The van der Waals surface area contributed by atoms with E-state index < -0.39 is 15.9 Å². The fourth-order valence-corrected chi connectivity index (χ4v) is 4.38. The minimum atomic E-state index is -3.91. The van der Waals surface area contributed by atoms with Crippen LogP contribution >= 0.6 is 11.6 Å². The zero-order chi connectivity index (χ0) is 21.6. The quantitative estimate of drug-likeness (QED) is 0.577. The van der Waals surface area contributed by atoms with Crippen LogP contribution in [0, 0.1) is 6.92 Å². The van der Waals surface area contributed by atoms with Crippen molar-refractivity contribution in [3.8, 4) is 0 Å². The van der Waals surface area contributed by atoms with Gasteiger partial charge in [0, 0.05) is 30.5 Å². The third kappa shape index (κ3) is 5.66. The standard InChI is InChI=1S/C22H22ClN3O3S/c1-17-5-2-3-7-19(17)15-26(30(28,29)21-10-8-20(23)9-11-21)16-22(27)25-14-18-6-4-12-24-13-18/h2-13H,14-16H2,1H3,(H,25,27). The van der Waals surface area contributed by atoms with Gasteiger partial charge in [0.25, 0.3) is 0 Å². The maximum atomic E-state index is 13.3. The largest absolute Gasteiger partial charge is 0.351 e. The van der Waals surface area contributed by atoms with Gasteiger partial charge in [-0.25, -0.2) is 8.42 Å². The smallest absolute Gasteiger partial charge is 0.243 e. The SMILES string of the molecule is Cc1ccccc1CN(CC(=O)NCc1cccnc1)S(=O)(=O)c1ccc(Cl)cc1. The Labute approximate surface area is 181 Å². The number of nitrogens with one attached hydrogen (secondary N) is 1. The number of rotatable bonds is 8. The van der Waals surface area contributed by atoms with Gasteiger partial charge in [-0.05, 0) is 53.9 Å². The molecule has 1 N–H and O–H groups in total. The van der Waals surface area contributed by atoms with Gasteiger partial charge in [-0.1, -0.05) is 41.9 Å². The van der Waals surface area contributed by atoms with Crippen molar-refractivity contribution in [2.75, 3.05) is 6.54 Å². The molecule has 1 heterocycles. The summed E-state index contributed by atoms with van der Waals surface area (Å²) in [5, 5.41) is 3.19. The zero-order valence-corrected chi connectivity index (χ0v) is 18.0. The molecule has 156 valence electrons. The van der Waals surface area contributed by atoms with E-state index in [0.29, 0.717) is 5.02 Å². The second-order valence-corrected chi connectivity index (χ2v) is 9.17. The number of amides is 1. The summed E-state index contributed by atoms with van der Waals surface area (Å²) in [7, 11) is -3.91. The van der Waals surface area contributed by atoms with Crippen LogP contribution in [0.15, 0.2) is 78.0 Å². The number of carbonyl (C=O) groups excluding carboxylic acids is 1. The molecule has 0 bridgehead atoms. The molecule has 3 aromatic rings. The number of hydrogen-bond donors (Lipinski definition) is 1. The normalized spacial score (nSPS) is 11.4. The first-order valence-electron chi connectivity index (χ1n) is 9.32. The van der Waals surface area contributed by atoms with Crippen LogP contribution in [0.3, 0.4) is 0 Å². The fraction of sp³-hybridized carbons (Fsp3) is 0.182. The van der Waals surface area contributed by atoms with E-state index in [0.717, 1.165) is 16.7 Å². The van der Waals surface area contributed by atoms with E-state index in [1.54, 1.807) is 18.5 Å². The monoisotopic (exact) mass is 443 g/mol. The van der Waals surface area contributed by atoms with Crippen LogP contribution in [0.25, 0.3) is 0 Å². The van der Waals surface area contributed by atoms with Crippen molar-refractivity contribution in [3.05, 3.63) is 94.8 Å². The maximum Gasteiger partial charge on any atom is 0.243 e. The van der Waals surface area contributed by atoms with Crippen LogP contribution in [0.1, 0.15) is 16.7 Å². The van der Waals surface area contributed by atoms with Crippen molar-refractivity contribution in [2.45, 2.75) is 24.9 Å². The summed E-state index contributed by atoms with van der Waals surface area (Å²) in [6, 6.07) is 17.0. The highest BCUT2D eigenvalue weighted by Gasteiger charge is 2.27. The zero-order valence-electron chi connectivity index (χ0n) is 16.5. The molecule has 1 amide bonds. The number of halogens is 1. The number of sulfonamides is 1. The first-order valence-corrected chi connectivity index (χ1v) is 11.1. The third-order valence-corrected chi connectivity index (χ3v) is 6.65. The molecule has 2 aromatic carbocycles. The van der Waals surface area contributed by atoms with Gasteiger partial charge in [0.05, 0.1) is 11.4 Å². The van der Waals surface area contributed by atoms with E-state index in [4.69, 9.17) is 11.6 Å². The van der Waals surface area contributed by atoms with Gasteiger partial charge >= 0.3 is 0 Å². The van der Waals surface area contributed by atoms with Gasteiger partial charge in [-0.3, -0.25) is 9.78 Å². The van der Waals surface area contributed by atoms with Crippen LogP contribution in [-0.2, 0) is 27.9 Å². The summed E-state index contributed by atoms with van der Waals surface area (Å²) in [6.07, 6.45) is 3.30. The van der Waals surface area contributed by atoms with Crippen molar-refractivity contribution < 1.29 is 13.2 Å². The Morgan fingerprint density at radius 1 is 1.07 bits per heavy atom. The van der Waals surface area contributed by atoms with Gasteiger partial charge in [-0.2, -0.15) is 4.31 Å². The maximum absolute atomic E-state index is 13.3. The van der Waals surface area contributed by atoms with Crippen LogP contribution < -0.4 is 5.32 Å². The molecule has 0 atom stereocenters. The minimum absolute atomic E-state index is 0.0813. The molecule has 30 heavy (non-hydrogen) atoms. The molecule has 0 unspecified atom stereocenters. The van der Waals surface area contributed by atoms with Crippen molar-refractivity contribution >= 4 is 27.5 Å². The second-order valence-electron chi connectivity index (χ2n) is 6.79. The summed E-state index contributed by atoms with van der Waals surface area (Å²) < 4.78 is 27.7. The Hall–Kier alpha value is -2.74. The molecule has 8 heteroatoms. The molecule has 0 saturated heterocycles. The van der Waals surface area contributed by atoms with Crippen LogP contribution in [-0.4, -0.2) is 30.2 Å². The van der Waals surface area contributed by atoms with Gasteiger partial charge < -0.3 is 5.32 Å². The Kier molecular flexibility index (Phi) is 7.20. The van der Waals surface area contributed by atoms with Gasteiger partial charge in [-0.15, -0.1) is 0 Å². The summed E-state index contributed by atoms with van der Waals surface area (Å²) >= 11 is 5.90. The summed E-state index contributed by atoms with van der Waals surface area (Å²) in [6.45, 7) is 1.95. The molecular formula is C22H22ClN3O3S. The van der Waals surface area contributed by atoms with E-state index >= 15 is 0 Å². The van der Waals surface area contributed by atoms with E-state index in [2.05, 4.69) is 10.3 Å². The Bertz CT molecular complexity index is 1100. The highest BCUT2D eigenvalue weighted by molar-refractivity contribution is 7.89. The van der Waals surface area contributed by atoms with Crippen LogP contribution in [0.2, 0.25) is 5.02 Å². The molecule has 0 radical (unpaired) electrons. The number of carbonyl (C=O) groups is 1. The number of aromatic nitrogens is 1. The van der Waals surface area contributed by atoms with Crippen LogP contribution in [0.4, 0.5) is 0 Å². The van der Waals surface area contributed by atoms with Crippen molar-refractivity contribution in [3.63, 3.8) is 0 Å². The number of hydrogen-bond acceptors (Lipinski definition) is 4. The first kappa shape index (κ1) is 22.0. The number of pyridine rings is 1. The molecule has 1 aromatic heterocycles. The average molecular weight is 444 g/mol. The van der Waals surface area contributed by atoms with Gasteiger partial charge in [0.2, 0.25) is 15.9 Å².